The van der Waals surface area contributed by atoms with Crippen LogP contribution >= 0.6 is 0 Å². The quantitative estimate of drug-likeness (QED) is 0.470. The van der Waals surface area contributed by atoms with Crippen molar-refractivity contribution in [2.75, 3.05) is 26.9 Å². The van der Waals surface area contributed by atoms with Crippen molar-refractivity contribution < 1.29 is 19.1 Å². The minimum atomic E-state index is -0.805. The lowest BCUT2D eigenvalue weighted by Gasteiger charge is -2.31. The summed E-state index contributed by atoms with van der Waals surface area (Å²) in [6, 6.07) is 27.3. The van der Waals surface area contributed by atoms with E-state index < -0.39 is 6.04 Å². The molecule has 0 saturated carbocycles. The SMILES string of the molecule is COCCNC(=O)[C@H](c1ccccc1)N(Cc1ccccc1)C(=O)COc1ccccc1. The Morgan fingerprint density at radius 3 is 2.09 bits per heavy atom. The second-order valence-corrected chi connectivity index (χ2v) is 7.21. The number of amides is 2. The van der Waals surface area contributed by atoms with Gasteiger partial charge in [0.05, 0.1) is 6.61 Å². The van der Waals surface area contributed by atoms with Crippen molar-refractivity contribution in [1.82, 2.24) is 10.2 Å². The van der Waals surface area contributed by atoms with Gasteiger partial charge in [-0.25, -0.2) is 0 Å². The maximum absolute atomic E-state index is 13.4. The molecule has 3 aromatic carbocycles. The standard InChI is InChI=1S/C26H28N2O4/c1-31-18-17-27-26(30)25(22-13-7-3-8-14-22)28(19-21-11-5-2-6-12-21)24(29)20-32-23-15-9-4-10-16-23/h2-16,25H,17-20H2,1H3,(H,27,30)/t25-/m0/s1. The highest BCUT2D eigenvalue weighted by Crippen LogP contribution is 2.24. The van der Waals surface area contributed by atoms with E-state index in [1.807, 2.05) is 78.9 Å². The van der Waals surface area contributed by atoms with Gasteiger partial charge >= 0.3 is 0 Å². The van der Waals surface area contributed by atoms with Crippen molar-refractivity contribution in [2.45, 2.75) is 12.6 Å². The average Bonchev–Trinajstić information content (AvgIpc) is 2.84. The summed E-state index contributed by atoms with van der Waals surface area (Å²) in [7, 11) is 1.58. The second kappa shape index (κ2) is 12.3. The Labute approximate surface area is 188 Å². The molecule has 0 fully saturated rings. The summed E-state index contributed by atoms with van der Waals surface area (Å²) < 4.78 is 10.8. The van der Waals surface area contributed by atoms with Crippen molar-refractivity contribution in [3.05, 3.63) is 102 Å². The molecular formula is C26H28N2O4. The van der Waals surface area contributed by atoms with Crippen LogP contribution in [0, 0.1) is 0 Å². The van der Waals surface area contributed by atoms with Gasteiger partial charge in [0.2, 0.25) is 5.91 Å². The summed E-state index contributed by atoms with van der Waals surface area (Å²) in [5, 5.41) is 2.88. The molecule has 2 amide bonds. The Bertz CT molecular complexity index is 965. The van der Waals surface area contributed by atoms with Gasteiger partial charge < -0.3 is 19.7 Å². The third-order valence-electron chi connectivity index (χ3n) is 4.90. The number of carbonyl (C=O) groups is 2. The fraction of sp³-hybridized carbons (Fsp3) is 0.231. The second-order valence-electron chi connectivity index (χ2n) is 7.21. The first-order valence-electron chi connectivity index (χ1n) is 10.5. The lowest BCUT2D eigenvalue weighted by Crippen LogP contribution is -2.45. The van der Waals surface area contributed by atoms with Crippen LogP contribution in [-0.2, 0) is 20.9 Å². The summed E-state index contributed by atoms with van der Waals surface area (Å²) in [5.74, 6) is 0.0482. The summed E-state index contributed by atoms with van der Waals surface area (Å²) in [4.78, 5) is 28.2. The highest BCUT2D eigenvalue weighted by atomic mass is 16.5. The summed E-state index contributed by atoms with van der Waals surface area (Å²) in [6.45, 7) is 0.837. The van der Waals surface area contributed by atoms with Gasteiger partial charge in [0, 0.05) is 20.2 Å². The van der Waals surface area contributed by atoms with E-state index >= 15 is 0 Å². The van der Waals surface area contributed by atoms with Crippen LogP contribution in [0.1, 0.15) is 17.2 Å². The van der Waals surface area contributed by atoms with Gasteiger partial charge in [0.15, 0.2) is 6.61 Å². The molecule has 3 rings (SSSR count). The summed E-state index contributed by atoms with van der Waals surface area (Å²) >= 11 is 0. The number of carbonyl (C=O) groups excluding carboxylic acids is 2. The fourth-order valence-corrected chi connectivity index (χ4v) is 3.33. The molecule has 0 saturated heterocycles. The molecule has 1 N–H and O–H groups in total. The van der Waals surface area contributed by atoms with Gasteiger partial charge in [0.25, 0.3) is 5.91 Å². The first-order chi connectivity index (χ1) is 15.7. The number of para-hydroxylation sites is 1. The molecule has 0 bridgehead atoms. The van der Waals surface area contributed by atoms with E-state index in [1.54, 1.807) is 24.1 Å². The van der Waals surface area contributed by atoms with Crippen LogP contribution in [0.15, 0.2) is 91.0 Å². The number of hydrogen-bond acceptors (Lipinski definition) is 4. The van der Waals surface area contributed by atoms with Gasteiger partial charge in [-0.05, 0) is 23.3 Å². The highest BCUT2D eigenvalue weighted by molar-refractivity contribution is 5.89. The van der Waals surface area contributed by atoms with E-state index in [2.05, 4.69) is 5.32 Å². The van der Waals surface area contributed by atoms with E-state index in [1.165, 1.54) is 0 Å². The molecule has 0 heterocycles. The van der Waals surface area contributed by atoms with Crippen LogP contribution in [0.3, 0.4) is 0 Å². The molecule has 3 aromatic rings. The van der Waals surface area contributed by atoms with Gasteiger partial charge in [-0.1, -0.05) is 78.9 Å². The molecule has 166 valence electrons. The smallest absolute Gasteiger partial charge is 0.261 e. The zero-order valence-electron chi connectivity index (χ0n) is 18.1. The average molecular weight is 433 g/mol. The fourth-order valence-electron chi connectivity index (χ4n) is 3.33. The van der Waals surface area contributed by atoms with Crippen molar-refractivity contribution in [1.29, 1.82) is 0 Å². The van der Waals surface area contributed by atoms with Crippen molar-refractivity contribution in [3.8, 4) is 5.75 Å². The predicted molar refractivity (Wildman–Crippen MR) is 123 cm³/mol. The van der Waals surface area contributed by atoms with E-state index in [0.717, 1.165) is 11.1 Å². The minimum absolute atomic E-state index is 0.175. The van der Waals surface area contributed by atoms with Crippen LogP contribution in [0.25, 0.3) is 0 Å². The molecule has 0 aliphatic heterocycles. The Hall–Kier alpha value is -3.64. The van der Waals surface area contributed by atoms with Crippen LogP contribution in [0.4, 0.5) is 0 Å². The monoisotopic (exact) mass is 432 g/mol. The Kier molecular flexibility index (Phi) is 8.83. The molecule has 0 aromatic heterocycles. The van der Waals surface area contributed by atoms with E-state index in [9.17, 15) is 9.59 Å². The maximum Gasteiger partial charge on any atom is 0.261 e. The molecular weight excluding hydrogens is 404 g/mol. The topological polar surface area (TPSA) is 67.9 Å². The van der Waals surface area contributed by atoms with Crippen molar-refractivity contribution in [2.24, 2.45) is 0 Å². The van der Waals surface area contributed by atoms with E-state index in [-0.39, 0.29) is 25.0 Å². The predicted octanol–water partition coefficient (Wildman–Crippen LogP) is 3.60. The van der Waals surface area contributed by atoms with Crippen LogP contribution in [0.2, 0.25) is 0 Å². The number of nitrogens with zero attached hydrogens (tertiary/aromatic N) is 1. The molecule has 32 heavy (non-hydrogen) atoms. The zero-order chi connectivity index (χ0) is 22.6. The molecule has 0 radical (unpaired) electrons. The molecule has 6 nitrogen and oxygen atoms in total. The summed E-state index contributed by atoms with van der Waals surface area (Å²) in [6.07, 6.45) is 0. The molecule has 1 atom stereocenters. The summed E-state index contributed by atoms with van der Waals surface area (Å²) in [5.41, 5.74) is 1.65. The van der Waals surface area contributed by atoms with Crippen molar-refractivity contribution >= 4 is 11.8 Å². The Morgan fingerprint density at radius 1 is 0.875 bits per heavy atom. The zero-order valence-corrected chi connectivity index (χ0v) is 18.1. The largest absolute Gasteiger partial charge is 0.484 e. The van der Waals surface area contributed by atoms with Crippen LogP contribution in [0.5, 0.6) is 5.75 Å². The number of benzene rings is 3. The number of ether oxygens (including phenoxy) is 2. The lowest BCUT2D eigenvalue weighted by atomic mass is 10.0. The van der Waals surface area contributed by atoms with Gasteiger partial charge in [-0.15, -0.1) is 0 Å². The highest BCUT2D eigenvalue weighted by Gasteiger charge is 2.31. The Balaban J connectivity index is 1.88. The molecule has 0 aliphatic carbocycles. The molecule has 0 spiro atoms. The van der Waals surface area contributed by atoms with E-state index in [0.29, 0.717) is 18.9 Å². The van der Waals surface area contributed by atoms with Gasteiger partial charge in [-0.2, -0.15) is 0 Å². The van der Waals surface area contributed by atoms with Gasteiger partial charge in [0.1, 0.15) is 11.8 Å². The first kappa shape index (κ1) is 23.0. The number of methoxy groups -OCH3 is 1. The number of rotatable bonds is 11. The molecule has 0 aliphatic rings. The Morgan fingerprint density at radius 2 is 1.47 bits per heavy atom. The number of hydrogen-bond donors (Lipinski definition) is 1. The first-order valence-corrected chi connectivity index (χ1v) is 10.5. The van der Waals surface area contributed by atoms with Crippen LogP contribution in [-0.4, -0.2) is 43.6 Å². The van der Waals surface area contributed by atoms with Crippen LogP contribution < -0.4 is 10.1 Å². The third-order valence-corrected chi connectivity index (χ3v) is 4.90. The van der Waals surface area contributed by atoms with Crippen molar-refractivity contribution in [3.63, 3.8) is 0 Å². The maximum atomic E-state index is 13.4. The normalized spacial score (nSPS) is 11.4. The van der Waals surface area contributed by atoms with E-state index in [4.69, 9.17) is 9.47 Å². The number of nitrogens with one attached hydrogen (secondary N) is 1. The lowest BCUT2D eigenvalue weighted by molar-refractivity contribution is -0.143. The molecule has 6 heteroatoms. The molecule has 0 unspecified atom stereocenters. The minimum Gasteiger partial charge on any atom is -0.484 e. The third kappa shape index (κ3) is 6.68. The van der Waals surface area contributed by atoms with Gasteiger partial charge in [-0.3, -0.25) is 9.59 Å².